The normalized spacial score (nSPS) is 11.0. The molecule has 0 aliphatic carbocycles. The van der Waals surface area contributed by atoms with E-state index in [2.05, 4.69) is 39.4 Å². The lowest BCUT2D eigenvalue weighted by atomic mass is 10.0. The van der Waals surface area contributed by atoms with Crippen molar-refractivity contribution >= 4 is 22.2 Å². The fourth-order valence-corrected chi connectivity index (χ4v) is 3.20. The summed E-state index contributed by atoms with van der Waals surface area (Å²) in [6.45, 7) is 0. The van der Waals surface area contributed by atoms with Crippen molar-refractivity contribution in [2.45, 2.75) is 0 Å². The molecule has 0 bridgehead atoms. The minimum absolute atomic E-state index is 0.848. The standard InChI is InChI=1S/C17H13N3OS/c1-21-12-8-6-11(7-9-12)15-13-4-2-3-5-14(13)19-16(15)17-20-18-10-22-17/h2-10,19H,1H3. The van der Waals surface area contributed by atoms with Gasteiger partial charge in [-0.25, -0.2) is 0 Å². The Hall–Kier alpha value is -2.66. The molecule has 1 N–H and O–H groups in total. The number of para-hydroxylation sites is 1. The summed E-state index contributed by atoms with van der Waals surface area (Å²) in [5, 5.41) is 10.2. The first-order valence-corrected chi connectivity index (χ1v) is 7.76. The van der Waals surface area contributed by atoms with Crippen LogP contribution in [0.25, 0.3) is 32.7 Å². The van der Waals surface area contributed by atoms with Gasteiger partial charge in [0.2, 0.25) is 0 Å². The SMILES string of the molecule is COc1ccc(-c2c(-c3nncs3)[nH]c3ccccc23)cc1. The van der Waals surface area contributed by atoms with E-state index in [1.54, 1.807) is 12.6 Å². The number of hydrogen-bond acceptors (Lipinski definition) is 4. The van der Waals surface area contributed by atoms with Crippen LogP contribution in [0.1, 0.15) is 0 Å². The molecule has 0 saturated heterocycles. The van der Waals surface area contributed by atoms with Crippen molar-refractivity contribution in [1.29, 1.82) is 0 Å². The lowest BCUT2D eigenvalue weighted by Crippen LogP contribution is -1.85. The Morgan fingerprint density at radius 3 is 2.59 bits per heavy atom. The molecule has 0 fully saturated rings. The van der Waals surface area contributed by atoms with Crippen LogP contribution in [-0.4, -0.2) is 22.3 Å². The fourth-order valence-electron chi connectivity index (χ4n) is 2.64. The number of nitrogens with zero attached hydrogens (tertiary/aromatic N) is 2. The lowest BCUT2D eigenvalue weighted by molar-refractivity contribution is 0.415. The van der Waals surface area contributed by atoms with Gasteiger partial charge >= 0.3 is 0 Å². The van der Waals surface area contributed by atoms with Gasteiger partial charge in [0.25, 0.3) is 0 Å². The molecular weight excluding hydrogens is 294 g/mol. The molecule has 4 aromatic rings. The number of H-pyrrole nitrogens is 1. The molecular formula is C17H13N3OS. The van der Waals surface area contributed by atoms with Gasteiger partial charge in [0.1, 0.15) is 11.3 Å². The second-order valence-electron chi connectivity index (χ2n) is 4.89. The quantitative estimate of drug-likeness (QED) is 0.611. The number of ether oxygens (including phenoxy) is 1. The topological polar surface area (TPSA) is 50.8 Å². The van der Waals surface area contributed by atoms with Crippen LogP contribution in [0, 0.1) is 0 Å². The largest absolute Gasteiger partial charge is 0.497 e. The van der Waals surface area contributed by atoms with Crippen LogP contribution < -0.4 is 4.74 Å². The van der Waals surface area contributed by atoms with Crippen LogP contribution in [0.15, 0.2) is 54.0 Å². The maximum atomic E-state index is 5.25. The first kappa shape index (κ1) is 13.0. The van der Waals surface area contributed by atoms with Crippen molar-refractivity contribution in [2.75, 3.05) is 7.11 Å². The van der Waals surface area contributed by atoms with Crippen molar-refractivity contribution in [1.82, 2.24) is 15.2 Å². The molecule has 0 aliphatic heterocycles. The smallest absolute Gasteiger partial charge is 0.164 e. The number of rotatable bonds is 3. The van der Waals surface area contributed by atoms with E-state index >= 15 is 0 Å². The molecule has 2 aromatic heterocycles. The molecule has 4 rings (SSSR count). The van der Waals surface area contributed by atoms with Crippen LogP contribution in [0.3, 0.4) is 0 Å². The van der Waals surface area contributed by atoms with Gasteiger partial charge in [-0.3, -0.25) is 0 Å². The predicted octanol–water partition coefficient (Wildman–Crippen LogP) is 4.36. The average molecular weight is 307 g/mol. The van der Waals surface area contributed by atoms with E-state index in [1.807, 2.05) is 24.3 Å². The Morgan fingerprint density at radius 2 is 1.86 bits per heavy atom. The molecule has 0 radical (unpaired) electrons. The first-order chi connectivity index (χ1) is 10.9. The number of aromatic amines is 1. The minimum Gasteiger partial charge on any atom is -0.497 e. The number of benzene rings is 2. The maximum Gasteiger partial charge on any atom is 0.164 e. The molecule has 0 unspecified atom stereocenters. The summed E-state index contributed by atoms with van der Waals surface area (Å²) in [5.41, 5.74) is 6.13. The van der Waals surface area contributed by atoms with Crippen molar-refractivity contribution < 1.29 is 4.74 Å². The van der Waals surface area contributed by atoms with E-state index in [9.17, 15) is 0 Å². The zero-order valence-corrected chi connectivity index (χ0v) is 12.7. The highest BCUT2D eigenvalue weighted by atomic mass is 32.1. The summed E-state index contributed by atoms with van der Waals surface area (Å²) in [6.07, 6.45) is 0. The molecule has 0 amide bonds. The molecule has 4 nitrogen and oxygen atoms in total. The van der Waals surface area contributed by atoms with Crippen molar-refractivity contribution in [2.24, 2.45) is 0 Å². The second-order valence-corrected chi connectivity index (χ2v) is 5.73. The number of nitrogens with one attached hydrogen (secondary N) is 1. The zero-order valence-electron chi connectivity index (χ0n) is 11.9. The van der Waals surface area contributed by atoms with Crippen LogP contribution >= 0.6 is 11.3 Å². The van der Waals surface area contributed by atoms with Crippen LogP contribution in [0.4, 0.5) is 0 Å². The Balaban J connectivity index is 1.99. The average Bonchev–Trinajstić information content (AvgIpc) is 3.22. The predicted molar refractivity (Wildman–Crippen MR) is 89.2 cm³/mol. The summed E-state index contributed by atoms with van der Waals surface area (Å²) in [4.78, 5) is 3.47. The zero-order chi connectivity index (χ0) is 14.9. The van der Waals surface area contributed by atoms with Gasteiger partial charge in [-0.1, -0.05) is 41.7 Å². The summed E-state index contributed by atoms with van der Waals surface area (Å²) in [6, 6.07) is 16.4. The molecule has 5 heteroatoms. The highest BCUT2D eigenvalue weighted by Gasteiger charge is 2.16. The molecule has 0 saturated carbocycles. The molecule has 0 aliphatic rings. The van der Waals surface area contributed by atoms with E-state index in [0.717, 1.165) is 33.1 Å². The highest BCUT2D eigenvalue weighted by molar-refractivity contribution is 7.12. The minimum atomic E-state index is 0.848. The van der Waals surface area contributed by atoms with Crippen LogP contribution in [0.5, 0.6) is 5.75 Å². The van der Waals surface area contributed by atoms with Gasteiger partial charge in [-0.15, -0.1) is 10.2 Å². The number of fused-ring (bicyclic) bond motifs is 1. The lowest BCUT2D eigenvalue weighted by Gasteiger charge is -2.05. The van der Waals surface area contributed by atoms with Gasteiger partial charge in [-0.2, -0.15) is 0 Å². The molecule has 2 aromatic carbocycles. The third kappa shape index (κ3) is 2.07. The van der Waals surface area contributed by atoms with Gasteiger partial charge < -0.3 is 9.72 Å². The molecule has 0 atom stereocenters. The second kappa shape index (κ2) is 5.27. The maximum absolute atomic E-state index is 5.25. The molecule has 108 valence electrons. The van der Waals surface area contributed by atoms with Gasteiger partial charge in [0, 0.05) is 16.5 Å². The molecule has 0 spiro atoms. The van der Waals surface area contributed by atoms with Crippen molar-refractivity contribution in [3.05, 3.63) is 54.0 Å². The summed E-state index contributed by atoms with van der Waals surface area (Å²) < 4.78 is 5.25. The van der Waals surface area contributed by atoms with Crippen LogP contribution in [0.2, 0.25) is 0 Å². The van der Waals surface area contributed by atoms with E-state index < -0.39 is 0 Å². The summed E-state index contributed by atoms with van der Waals surface area (Å²) in [5.74, 6) is 0.848. The van der Waals surface area contributed by atoms with Gasteiger partial charge in [0.05, 0.1) is 12.8 Å². The van der Waals surface area contributed by atoms with E-state index in [0.29, 0.717) is 0 Å². The fraction of sp³-hybridized carbons (Fsp3) is 0.0588. The Morgan fingerprint density at radius 1 is 1.05 bits per heavy atom. The summed E-state index contributed by atoms with van der Waals surface area (Å²) in [7, 11) is 1.67. The monoisotopic (exact) mass is 307 g/mol. The van der Waals surface area contributed by atoms with E-state index in [4.69, 9.17) is 4.74 Å². The van der Waals surface area contributed by atoms with E-state index in [-0.39, 0.29) is 0 Å². The number of aromatic nitrogens is 3. The summed E-state index contributed by atoms with van der Waals surface area (Å²) >= 11 is 1.53. The van der Waals surface area contributed by atoms with Gasteiger partial charge in [-0.05, 0) is 23.8 Å². The third-order valence-electron chi connectivity index (χ3n) is 3.66. The third-order valence-corrected chi connectivity index (χ3v) is 4.37. The number of methoxy groups -OCH3 is 1. The highest BCUT2D eigenvalue weighted by Crippen LogP contribution is 2.38. The van der Waals surface area contributed by atoms with E-state index in [1.165, 1.54) is 16.7 Å². The van der Waals surface area contributed by atoms with Gasteiger partial charge in [0.15, 0.2) is 5.01 Å². The first-order valence-electron chi connectivity index (χ1n) is 6.88. The Bertz CT molecular complexity index is 911. The molecule has 2 heterocycles. The Kier molecular flexibility index (Phi) is 3.12. The van der Waals surface area contributed by atoms with Crippen molar-refractivity contribution in [3.8, 4) is 27.6 Å². The van der Waals surface area contributed by atoms with Crippen LogP contribution in [-0.2, 0) is 0 Å². The van der Waals surface area contributed by atoms with Crippen molar-refractivity contribution in [3.63, 3.8) is 0 Å². The molecule has 22 heavy (non-hydrogen) atoms. The Labute approximate surface area is 131 Å². The number of hydrogen-bond donors (Lipinski definition) is 1.